The van der Waals surface area contributed by atoms with Gasteiger partial charge < -0.3 is 10.3 Å². The number of hydrogen-bond donors (Lipinski definition) is 1. The minimum atomic E-state index is -0.357. The summed E-state index contributed by atoms with van der Waals surface area (Å²) in [6.07, 6.45) is 0. The highest BCUT2D eigenvalue weighted by Gasteiger charge is 2.14. The van der Waals surface area contributed by atoms with Crippen molar-refractivity contribution in [3.63, 3.8) is 0 Å². The third-order valence-corrected chi connectivity index (χ3v) is 3.75. The van der Waals surface area contributed by atoms with Crippen LogP contribution in [-0.2, 0) is 0 Å². The summed E-state index contributed by atoms with van der Waals surface area (Å²) in [6, 6.07) is 9.48. The molecule has 0 aliphatic rings. The lowest BCUT2D eigenvalue weighted by Crippen LogP contribution is -1.87. The van der Waals surface area contributed by atoms with E-state index in [1.807, 2.05) is 0 Å². The Hall–Kier alpha value is -1.92. The Labute approximate surface area is 132 Å². The largest absolute Gasteiger partial charge is 0.399 e. The SMILES string of the molecule is Nc1ccc(-c2nc(-c3ccc(F)c(Br)c3)no2)c(Cl)c1. The van der Waals surface area contributed by atoms with Crippen LogP contribution in [0.1, 0.15) is 0 Å². The van der Waals surface area contributed by atoms with Crippen molar-refractivity contribution in [3.05, 3.63) is 51.7 Å². The number of hydrogen-bond acceptors (Lipinski definition) is 4. The molecule has 7 heteroatoms. The van der Waals surface area contributed by atoms with Crippen LogP contribution in [0.4, 0.5) is 10.1 Å². The van der Waals surface area contributed by atoms with Crippen molar-refractivity contribution in [2.75, 3.05) is 5.73 Å². The molecule has 0 fully saturated rings. The second-order valence-electron chi connectivity index (χ2n) is 4.29. The van der Waals surface area contributed by atoms with E-state index in [1.165, 1.54) is 6.07 Å². The van der Waals surface area contributed by atoms with Gasteiger partial charge in [-0.1, -0.05) is 16.8 Å². The lowest BCUT2D eigenvalue weighted by Gasteiger charge is -1.99. The molecule has 0 aliphatic carbocycles. The van der Waals surface area contributed by atoms with Gasteiger partial charge in [-0.05, 0) is 52.3 Å². The maximum Gasteiger partial charge on any atom is 0.259 e. The van der Waals surface area contributed by atoms with Crippen LogP contribution in [0.3, 0.4) is 0 Å². The number of nitrogens with two attached hydrogens (primary N) is 1. The first-order chi connectivity index (χ1) is 10.0. The minimum Gasteiger partial charge on any atom is -0.399 e. The van der Waals surface area contributed by atoms with E-state index in [0.717, 1.165) is 0 Å². The molecule has 106 valence electrons. The Morgan fingerprint density at radius 2 is 2.00 bits per heavy atom. The van der Waals surface area contributed by atoms with Crippen LogP contribution in [-0.4, -0.2) is 10.1 Å². The predicted octanol–water partition coefficient (Wildman–Crippen LogP) is 4.54. The molecule has 0 atom stereocenters. The van der Waals surface area contributed by atoms with Gasteiger partial charge in [0.15, 0.2) is 0 Å². The second kappa shape index (κ2) is 5.46. The Balaban J connectivity index is 2.01. The van der Waals surface area contributed by atoms with Crippen LogP contribution in [0.25, 0.3) is 22.8 Å². The van der Waals surface area contributed by atoms with E-state index in [-0.39, 0.29) is 11.7 Å². The quantitative estimate of drug-likeness (QED) is 0.674. The van der Waals surface area contributed by atoms with Crippen molar-refractivity contribution in [2.24, 2.45) is 0 Å². The number of halogens is 3. The molecule has 1 aromatic heterocycles. The van der Waals surface area contributed by atoms with Gasteiger partial charge >= 0.3 is 0 Å². The first kappa shape index (κ1) is 14.0. The molecule has 0 radical (unpaired) electrons. The molecule has 0 bridgehead atoms. The van der Waals surface area contributed by atoms with Crippen molar-refractivity contribution in [3.8, 4) is 22.8 Å². The van der Waals surface area contributed by atoms with Gasteiger partial charge in [0.25, 0.3) is 5.89 Å². The molecule has 0 amide bonds. The van der Waals surface area contributed by atoms with E-state index in [1.54, 1.807) is 30.3 Å². The molecule has 3 rings (SSSR count). The number of anilines is 1. The molecule has 4 nitrogen and oxygen atoms in total. The third-order valence-electron chi connectivity index (χ3n) is 2.83. The average molecular weight is 369 g/mol. The number of rotatable bonds is 2. The molecule has 0 saturated carbocycles. The van der Waals surface area contributed by atoms with Crippen LogP contribution in [0.2, 0.25) is 5.02 Å². The van der Waals surface area contributed by atoms with Crippen LogP contribution in [0.5, 0.6) is 0 Å². The van der Waals surface area contributed by atoms with Gasteiger partial charge in [0.1, 0.15) is 5.82 Å². The van der Waals surface area contributed by atoms with E-state index in [2.05, 4.69) is 26.1 Å². The average Bonchev–Trinajstić information content (AvgIpc) is 2.91. The zero-order valence-electron chi connectivity index (χ0n) is 10.5. The van der Waals surface area contributed by atoms with Gasteiger partial charge in [-0.3, -0.25) is 0 Å². The topological polar surface area (TPSA) is 64.9 Å². The maximum atomic E-state index is 13.2. The Bertz CT molecular complexity index is 822. The minimum absolute atomic E-state index is 0.274. The summed E-state index contributed by atoms with van der Waals surface area (Å²) in [6.45, 7) is 0. The molecule has 0 aliphatic heterocycles. The fraction of sp³-hybridized carbons (Fsp3) is 0. The van der Waals surface area contributed by atoms with E-state index in [9.17, 15) is 4.39 Å². The standard InChI is InChI=1S/C14H8BrClFN3O/c15-10-5-7(1-4-12(10)17)13-19-14(21-20-13)9-3-2-8(18)6-11(9)16/h1-6H,18H2. The number of nitrogens with zero attached hydrogens (tertiary/aromatic N) is 2. The van der Waals surface area contributed by atoms with E-state index in [0.29, 0.717) is 32.1 Å². The fourth-order valence-electron chi connectivity index (χ4n) is 1.79. The molecule has 2 aromatic carbocycles. The lowest BCUT2D eigenvalue weighted by atomic mass is 10.2. The molecule has 3 aromatic rings. The number of benzene rings is 2. The molecule has 0 spiro atoms. The predicted molar refractivity (Wildman–Crippen MR) is 82.3 cm³/mol. The zero-order valence-corrected chi connectivity index (χ0v) is 12.8. The number of aromatic nitrogens is 2. The number of nitrogen functional groups attached to an aromatic ring is 1. The van der Waals surface area contributed by atoms with Crippen molar-refractivity contribution >= 4 is 33.2 Å². The van der Waals surface area contributed by atoms with Crippen molar-refractivity contribution in [1.29, 1.82) is 0 Å². The van der Waals surface area contributed by atoms with Gasteiger partial charge in [-0.15, -0.1) is 0 Å². The normalized spacial score (nSPS) is 10.8. The Morgan fingerprint density at radius 1 is 1.19 bits per heavy atom. The zero-order chi connectivity index (χ0) is 15.0. The summed E-state index contributed by atoms with van der Waals surface area (Å²) in [7, 11) is 0. The van der Waals surface area contributed by atoms with Crippen LogP contribution in [0, 0.1) is 5.82 Å². The van der Waals surface area contributed by atoms with Crippen LogP contribution in [0.15, 0.2) is 45.4 Å². The summed E-state index contributed by atoms with van der Waals surface area (Å²) < 4.78 is 18.8. The van der Waals surface area contributed by atoms with E-state index < -0.39 is 0 Å². The summed E-state index contributed by atoms with van der Waals surface area (Å²) in [5.74, 6) is 0.262. The van der Waals surface area contributed by atoms with Crippen molar-refractivity contribution < 1.29 is 8.91 Å². The lowest BCUT2D eigenvalue weighted by molar-refractivity contribution is 0.432. The first-order valence-electron chi connectivity index (χ1n) is 5.89. The van der Waals surface area contributed by atoms with Gasteiger partial charge in [-0.25, -0.2) is 4.39 Å². The molecule has 21 heavy (non-hydrogen) atoms. The third kappa shape index (κ3) is 2.77. The second-order valence-corrected chi connectivity index (χ2v) is 5.55. The summed E-state index contributed by atoms with van der Waals surface area (Å²) in [5, 5.41) is 4.30. The van der Waals surface area contributed by atoms with Crippen molar-refractivity contribution in [1.82, 2.24) is 10.1 Å². The summed E-state index contributed by atoms with van der Waals surface area (Å²) in [4.78, 5) is 4.27. The van der Waals surface area contributed by atoms with Crippen LogP contribution >= 0.6 is 27.5 Å². The highest BCUT2D eigenvalue weighted by atomic mass is 79.9. The molecule has 2 N–H and O–H groups in total. The van der Waals surface area contributed by atoms with E-state index in [4.69, 9.17) is 21.9 Å². The smallest absolute Gasteiger partial charge is 0.259 e. The highest BCUT2D eigenvalue weighted by molar-refractivity contribution is 9.10. The van der Waals surface area contributed by atoms with Gasteiger partial charge in [0.05, 0.1) is 15.1 Å². The fourth-order valence-corrected chi connectivity index (χ4v) is 2.44. The molecular formula is C14H8BrClFN3O. The van der Waals surface area contributed by atoms with Crippen LogP contribution < -0.4 is 5.73 Å². The summed E-state index contributed by atoms with van der Waals surface area (Å²) >= 11 is 9.22. The molecule has 0 saturated heterocycles. The first-order valence-corrected chi connectivity index (χ1v) is 7.06. The van der Waals surface area contributed by atoms with Gasteiger partial charge in [0, 0.05) is 11.3 Å². The van der Waals surface area contributed by atoms with Gasteiger partial charge in [0.2, 0.25) is 5.82 Å². The summed E-state index contributed by atoms with van der Waals surface area (Å²) in [5.41, 5.74) is 7.41. The van der Waals surface area contributed by atoms with Gasteiger partial charge in [-0.2, -0.15) is 4.98 Å². The molecular weight excluding hydrogens is 361 g/mol. The Morgan fingerprint density at radius 3 is 2.71 bits per heavy atom. The van der Waals surface area contributed by atoms with E-state index >= 15 is 0 Å². The Kier molecular flexibility index (Phi) is 3.65. The van der Waals surface area contributed by atoms with Crippen molar-refractivity contribution in [2.45, 2.75) is 0 Å². The maximum absolute atomic E-state index is 13.2. The molecule has 1 heterocycles. The highest BCUT2D eigenvalue weighted by Crippen LogP contribution is 2.30. The monoisotopic (exact) mass is 367 g/mol. The molecule has 0 unspecified atom stereocenters.